The molecule has 0 aliphatic rings. The van der Waals surface area contributed by atoms with Gasteiger partial charge in [-0.3, -0.25) is 0 Å². The van der Waals surface area contributed by atoms with E-state index >= 15 is 0 Å². The highest BCUT2D eigenvalue weighted by Crippen LogP contribution is 2.28. The van der Waals surface area contributed by atoms with Crippen molar-refractivity contribution >= 4 is 15.9 Å². The maximum atomic E-state index is 5.71. The summed E-state index contributed by atoms with van der Waals surface area (Å²) in [4.78, 5) is 8.71. The Bertz CT molecular complexity index is 555. The van der Waals surface area contributed by atoms with Gasteiger partial charge in [0.05, 0.1) is 10.2 Å². The Morgan fingerprint density at radius 3 is 2.56 bits per heavy atom. The van der Waals surface area contributed by atoms with Crippen LogP contribution in [0.3, 0.4) is 0 Å². The topological polar surface area (TPSA) is 35.0 Å². The highest BCUT2D eigenvalue weighted by molar-refractivity contribution is 9.10. The number of aromatic nitrogens is 2. The van der Waals surface area contributed by atoms with Crippen LogP contribution in [-0.2, 0) is 0 Å². The van der Waals surface area contributed by atoms with Crippen LogP contribution in [0.5, 0.6) is 11.8 Å². The number of aryl methyl sites for hydroxylation is 1. The molecule has 0 bridgehead atoms. The second-order valence-corrected chi connectivity index (χ2v) is 5.26. The van der Waals surface area contributed by atoms with Crippen molar-refractivity contribution in [3.05, 3.63) is 46.2 Å². The SMILES string of the molecule is Cc1cc(C(C)C)nc(Oc2ccccc2Br)n1. The summed E-state index contributed by atoms with van der Waals surface area (Å²) in [7, 11) is 0. The number of hydrogen-bond donors (Lipinski definition) is 0. The molecule has 0 radical (unpaired) electrons. The normalized spacial score (nSPS) is 10.7. The third-order valence-corrected chi connectivity index (χ3v) is 3.14. The summed E-state index contributed by atoms with van der Waals surface area (Å²) >= 11 is 3.44. The number of benzene rings is 1. The Balaban J connectivity index is 2.32. The first-order valence-electron chi connectivity index (χ1n) is 5.84. The number of halogens is 1. The van der Waals surface area contributed by atoms with Crippen molar-refractivity contribution in [1.29, 1.82) is 0 Å². The minimum atomic E-state index is 0.355. The van der Waals surface area contributed by atoms with E-state index in [1.165, 1.54) is 0 Å². The molecular formula is C14H15BrN2O. The quantitative estimate of drug-likeness (QED) is 0.839. The van der Waals surface area contributed by atoms with Crippen molar-refractivity contribution < 1.29 is 4.74 Å². The predicted molar refractivity (Wildman–Crippen MR) is 75.1 cm³/mol. The van der Waals surface area contributed by atoms with Crippen LogP contribution in [0.4, 0.5) is 0 Å². The predicted octanol–water partition coefficient (Wildman–Crippen LogP) is 4.46. The molecule has 4 heteroatoms. The van der Waals surface area contributed by atoms with Gasteiger partial charge in [-0.25, -0.2) is 4.98 Å². The van der Waals surface area contributed by atoms with Crippen molar-refractivity contribution in [3.8, 4) is 11.8 Å². The molecule has 0 unspecified atom stereocenters. The van der Waals surface area contributed by atoms with Gasteiger partial charge in [0.2, 0.25) is 0 Å². The lowest BCUT2D eigenvalue weighted by Crippen LogP contribution is -2.00. The van der Waals surface area contributed by atoms with Gasteiger partial charge >= 0.3 is 6.01 Å². The molecular weight excluding hydrogens is 292 g/mol. The third kappa shape index (κ3) is 3.07. The molecule has 0 spiro atoms. The van der Waals surface area contributed by atoms with Crippen molar-refractivity contribution in [2.75, 3.05) is 0 Å². The van der Waals surface area contributed by atoms with Crippen LogP contribution in [0.25, 0.3) is 0 Å². The summed E-state index contributed by atoms with van der Waals surface area (Å²) in [5.74, 6) is 1.08. The highest BCUT2D eigenvalue weighted by atomic mass is 79.9. The lowest BCUT2D eigenvalue weighted by molar-refractivity contribution is 0.434. The zero-order valence-electron chi connectivity index (χ0n) is 10.6. The minimum Gasteiger partial charge on any atom is -0.423 e. The van der Waals surface area contributed by atoms with Crippen LogP contribution in [0.15, 0.2) is 34.8 Å². The number of para-hydroxylation sites is 1. The number of hydrogen-bond acceptors (Lipinski definition) is 3. The van der Waals surface area contributed by atoms with E-state index in [9.17, 15) is 0 Å². The van der Waals surface area contributed by atoms with E-state index in [2.05, 4.69) is 39.7 Å². The minimum absolute atomic E-state index is 0.355. The lowest BCUT2D eigenvalue weighted by Gasteiger charge is -2.10. The Morgan fingerprint density at radius 1 is 1.17 bits per heavy atom. The summed E-state index contributed by atoms with van der Waals surface area (Å²) < 4.78 is 6.60. The van der Waals surface area contributed by atoms with E-state index in [4.69, 9.17) is 4.74 Å². The second kappa shape index (κ2) is 5.48. The van der Waals surface area contributed by atoms with E-state index in [1.54, 1.807) is 0 Å². The molecule has 2 rings (SSSR count). The molecule has 0 N–H and O–H groups in total. The van der Waals surface area contributed by atoms with Crippen molar-refractivity contribution in [3.63, 3.8) is 0 Å². The van der Waals surface area contributed by atoms with Gasteiger partial charge < -0.3 is 4.74 Å². The van der Waals surface area contributed by atoms with Crippen LogP contribution in [0.2, 0.25) is 0 Å². The molecule has 94 valence electrons. The van der Waals surface area contributed by atoms with Gasteiger partial charge in [-0.15, -0.1) is 0 Å². The van der Waals surface area contributed by atoms with E-state index in [0.717, 1.165) is 21.6 Å². The summed E-state index contributed by atoms with van der Waals surface area (Å²) in [6, 6.07) is 10.0. The smallest absolute Gasteiger partial charge is 0.322 e. The summed E-state index contributed by atoms with van der Waals surface area (Å²) in [6.45, 7) is 6.15. The molecule has 0 atom stereocenters. The summed E-state index contributed by atoms with van der Waals surface area (Å²) in [6.07, 6.45) is 0. The molecule has 2 aromatic rings. The van der Waals surface area contributed by atoms with Gasteiger partial charge in [0, 0.05) is 5.69 Å². The Kier molecular flexibility index (Phi) is 3.97. The first-order chi connectivity index (χ1) is 8.56. The zero-order chi connectivity index (χ0) is 13.1. The van der Waals surface area contributed by atoms with E-state index in [-0.39, 0.29) is 0 Å². The highest BCUT2D eigenvalue weighted by Gasteiger charge is 2.09. The third-order valence-electron chi connectivity index (χ3n) is 2.48. The van der Waals surface area contributed by atoms with Gasteiger partial charge in [0.15, 0.2) is 0 Å². The lowest BCUT2D eigenvalue weighted by atomic mass is 10.1. The van der Waals surface area contributed by atoms with Crippen LogP contribution in [0, 0.1) is 6.92 Å². The Labute approximate surface area is 115 Å². The van der Waals surface area contributed by atoms with Gasteiger partial charge in [-0.2, -0.15) is 4.98 Å². The molecule has 0 saturated carbocycles. The first-order valence-corrected chi connectivity index (χ1v) is 6.63. The molecule has 1 aromatic heterocycles. The molecule has 18 heavy (non-hydrogen) atoms. The summed E-state index contributed by atoms with van der Waals surface area (Å²) in [5, 5.41) is 0. The monoisotopic (exact) mass is 306 g/mol. The molecule has 0 fully saturated rings. The van der Waals surface area contributed by atoms with Gasteiger partial charge in [0.25, 0.3) is 0 Å². The molecule has 1 heterocycles. The number of rotatable bonds is 3. The summed E-state index contributed by atoms with van der Waals surface area (Å²) in [5.41, 5.74) is 1.90. The van der Waals surface area contributed by atoms with Crippen molar-refractivity contribution in [2.24, 2.45) is 0 Å². The van der Waals surface area contributed by atoms with Gasteiger partial charge in [-0.1, -0.05) is 26.0 Å². The fourth-order valence-corrected chi connectivity index (χ4v) is 1.90. The number of nitrogens with zero attached hydrogens (tertiary/aromatic N) is 2. The average Bonchev–Trinajstić information content (AvgIpc) is 2.31. The Morgan fingerprint density at radius 2 is 1.89 bits per heavy atom. The first kappa shape index (κ1) is 13.0. The van der Waals surface area contributed by atoms with Crippen LogP contribution < -0.4 is 4.74 Å². The van der Waals surface area contributed by atoms with Crippen LogP contribution in [0.1, 0.15) is 31.2 Å². The van der Waals surface area contributed by atoms with Gasteiger partial charge in [0.1, 0.15) is 5.75 Å². The average molecular weight is 307 g/mol. The van der Waals surface area contributed by atoms with E-state index in [0.29, 0.717) is 11.9 Å². The van der Waals surface area contributed by atoms with Gasteiger partial charge in [-0.05, 0) is 47.0 Å². The van der Waals surface area contributed by atoms with Crippen LogP contribution >= 0.6 is 15.9 Å². The fourth-order valence-electron chi connectivity index (χ4n) is 1.53. The maximum Gasteiger partial charge on any atom is 0.322 e. The maximum absolute atomic E-state index is 5.71. The molecule has 0 aliphatic carbocycles. The van der Waals surface area contributed by atoms with E-state index in [1.807, 2.05) is 37.3 Å². The van der Waals surface area contributed by atoms with E-state index < -0.39 is 0 Å². The molecule has 1 aromatic carbocycles. The largest absolute Gasteiger partial charge is 0.423 e. The molecule has 0 aliphatic heterocycles. The molecule has 3 nitrogen and oxygen atoms in total. The Hall–Kier alpha value is -1.42. The van der Waals surface area contributed by atoms with Crippen molar-refractivity contribution in [2.45, 2.75) is 26.7 Å². The van der Waals surface area contributed by atoms with Crippen LogP contribution in [-0.4, -0.2) is 9.97 Å². The zero-order valence-corrected chi connectivity index (χ0v) is 12.2. The fraction of sp³-hybridized carbons (Fsp3) is 0.286. The number of ether oxygens (including phenoxy) is 1. The molecule has 0 amide bonds. The second-order valence-electron chi connectivity index (χ2n) is 4.40. The standard InChI is InChI=1S/C14H15BrN2O/c1-9(2)12-8-10(3)16-14(17-12)18-13-7-5-4-6-11(13)15/h4-9H,1-3H3. The van der Waals surface area contributed by atoms with Crippen molar-refractivity contribution in [1.82, 2.24) is 9.97 Å². The molecule has 0 saturated heterocycles.